The van der Waals surface area contributed by atoms with Gasteiger partial charge in [0, 0.05) is 12.3 Å². The summed E-state index contributed by atoms with van der Waals surface area (Å²) in [6.07, 6.45) is 1.60. The number of hydrogen-bond donors (Lipinski definition) is 0. The molecule has 19 heavy (non-hydrogen) atoms. The van der Waals surface area contributed by atoms with E-state index in [-0.39, 0.29) is 17.6 Å². The smallest absolute Gasteiger partial charge is 0.181 e. The number of benzene rings is 1. The van der Waals surface area contributed by atoms with Crippen LogP contribution in [0.2, 0.25) is 0 Å². The van der Waals surface area contributed by atoms with Crippen molar-refractivity contribution in [3.63, 3.8) is 0 Å². The topological polar surface area (TPSA) is 51.2 Å². The first-order valence-electron chi connectivity index (χ1n) is 6.51. The molecular formula is C15H16O3S. The minimum atomic E-state index is -3.36. The van der Waals surface area contributed by atoms with Crippen molar-refractivity contribution in [3.05, 3.63) is 42.5 Å². The van der Waals surface area contributed by atoms with Crippen LogP contribution in [0.1, 0.15) is 19.3 Å². The lowest BCUT2D eigenvalue weighted by Crippen LogP contribution is -2.26. The molecule has 3 nitrogen and oxygen atoms in total. The molecule has 2 aliphatic rings. The molecule has 0 N–H and O–H groups in total. The molecule has 100 valence electrons. The van der Waals surface area contributed by atoms with Crippen LogP contribution in [-0.2, 0) is 14.6 Å². The highest BCUT2D eigenvalue weighted by Crippen LogP contribution is 2.48. The molecule has 0 bridgehead atoms. The van der Waals surface area contributed by atoms with Gasteiger partial charge in [0.15, 0.2) is 9.84 Å². The van der Waals surface area contributed by atoms with Crippen molar-refractivity contribution in [2.75, 3.05) is 0 Å². The third-order valence-corrected chi connectivity index (χ3v) is 6.59. The molecule has 0 aliphatic heterocycles. The van der Waals surface area contributed by atoms with Crippen molar-refractivity contribution < 1.29 is 13.2 Å². The van der Waals surface area contributed by atoms with Gasteiger partial charge in [-0.15, -0.1) is 0 Å². The predicted octanol–water partition coefficient (Wildman–Crippen LogP) is 2.38. The van der Waals surface area contributed by atoms with E-state index in [2.05, 4.69) is 6.58 Å². The van der Waals surface area contributed by atoms with Crippen LogP contribution in [0.4, 0.5) is 0 Å². The van der Waals surface area contributed by atoms with Crippen molar-refractivity contribution in [2.24, 2.45) is 11.8 Å². The maximum absolute atomic E-state index is 12.7. The van der Waals surface area contributed by atoms with Crippen LogP contribution in [0, 0.1) is 11.8 Å². The molecule has 1 aromatic carbocycles. The first-order valence-corrected chi connectivity index (χ1v) is 8.06. The van der Waals surface area contributed by atoms with Crippen molar-refractivity contribution in [1.82, 2.24) is 0 Å². The van der Waals surface area contributed by atoms with Crippen LogP contribution in [0.25, 0.3) is 0 Å². The number of rotatable bonds is 2. The zero-order valence-corrected chi connectivity index (χ0v) is 11.4. The van der Waals surface area contributed by atoms with Crippen molar-refractivity contribution in [1.29, 1.82) is 0 Å². The Labute approximate surface area is 113 Å². The lowest BCUT2D eigenvalue weighted by Gasteiger charge is -2.17. The van der Waals surface area contributed by atoms with Gasteiger partial charge in [0.2, 0.25) is 0 Å². The second kappa shape index (κ2) is 4.30. The van der Waals surface area contributed by atoms with E-state index in [9.17, 15) is 13.2 Å². The van der Waals surface area contributed by atoms with Gasteiger partial charge in [0.05, 0.1) is 10.1 Å². The Morgan fingerprint density at radius 2 is 1.84 bits per heavy atom. The number of Topliss-reactive ketones (excluding diaryl/α,β-unsaturated/α-hetero) is 1. The number of sulfone groups is 1. The summed E-state index contributed by atoms with van der Waals surface area (Å²) in [6, 6.07) is 8.51. The van der Waals surface area contributed by atoms with Crippen LogP contribution in [0.15, 0.2) is 47.4 Å². The molecule has 0 spiro atoms. The molecule has 2 fully saturated rings. The fraction of sp³-hybridized carbons (Fsp3) is 0.400. The molecule has 0 heterocycles. The van der Waals surface area contributed by atoms with Gasteiger partial charge in [0.1, 0.15) is 5.78 Å². The fourth-order valence-corrected chi connectivity index (χ4v) is 5.54. The fourth-order valence-electron chi connectivity index (χ4n) is 3.46. The van der Waals surface area contributed by atoms with E-state index in [1.54, 1.807) is 30.3 Å². The first kappa shape index (κ1) is 12.6. The quantitative estimate of drug-likeness (QED) is 0.779. The van der Waals surface area contributed by atoms with E-state index in [0.717, 1.165) is 5.57 Å². The largest absolute Gasteiger partial charge is 0.299 e. The summed E-state index contributed by atoms with van der Waals surface area (Å²) in [7, 11) is -3.36. The molecule has 0 aromatic heterocycles. The van der Waals surface area contributed by atoms with E-state index in [0.29, 0.717) is 24.2 Å². The van der Waals surface area contributed by atoms with Crippen molar-refractivity contribution >= 4 is 15.6 Å². The van der Waals surface area contributed by atoms with Gasteiger partial charge < -0.3 is 0 Å². The number of allylic oxidation sites excluding steroid dienone is 1. The zero-order chi connectivity index (χ0) is 13.6. The maximum Gasteiger partial charge on any atom is 0.181 e. The van der Waals surface area contributed by atoms with Crippen LogP contribution in [0.5, 0.6) is 0 Å². The Morgan fingerprint density at radius 3 is 2.53 bits per heavy atom. The molecule has 0 unspecified atom stereocenters. The molecular weight excluding hydrogens is 260 g/mol. The van der Waals surface area contributed by atoms with Gasteiger partial charge in [-0.05, 0) is 30.9 Å². The number of fused-ring (bicyclic) bond motifs is 1. The molecule has 3 rings (SSSR count). The van der Waals surface area contributed by atoms with Crippen molar-refractivity contribution in [2.45, 2.75) is 29.4 Å². The van der Waals surface area contributed by atoms with Gasteiger partial charge in [0.25, 0.3) is 0 Å². The van der Waals surface area contributed by atoms with Crippen LogP contribution >= 0.6 is 0 Å². The van der Waals surface area contributed by atoms with E-state index < -0.39 is 15.1 Å². The minimum Gasteiger partial charge on any atom is -0.299 e. The Bertz CT molecular complexity index is 631. The van der Waals surface area contributed by atoms with Crippen molar-refractivity contribution in [3.8, 4) is 0 Å². The lowest BCUT2D eigenvalue weighted by molar-refractivity contribution is -0.119. The predicted molar refractivity (Wildman–Crippen MR) is 72.4 cm³/mol. The van der Waals surface area contributed by atoms with Crippen LogP contribution < -0.4 is 0 Å². The monoisotopic (exact) mass is 276 g/mol. The van der Waals surface area contributed by atoms with E-state index in [1.165, 1.54) is 0 Å². The summed E-state index contributed by atoms with van der Waals surface area (Å²) in [5.41, 5.74) is 0.803. The van der Waals surface area contributed by atoms with Gasteiger partial charge in [-0.3, -0.25) is 4.79 Å². The average Bonchev–Trinajstić information content (AvgIpc) is 2.93. The van der Waals surface area contributed by atoms with Crippen LogP contribution in [0.3, 0.4) is 0 Å². The Hall–Kier alpha value is -1.42. The first-order chi connectivity index (χ1) is 9.01. The summed E-state index contributed by atoms with van der Waals surface area (Å²) >= 11 is 0. The van der Waals surface area contributed by atoms with Gasteiger partial charge in [-0.1, -0.05) is 30.4 Å². The highest BCUT2D eigenvalue weighted by Gasteiger charge is 2.51. The lowest BCUT2D eigenvalue weighted by atomic mass is 9.97. The normalized spacial score (nSPS) is 30.6. The number of carbonyl (C=O) groups is 1. The SMILES string of the molecule is C=C1C[C@H](S(=O)(=O)c2ccccc2)[C@H]2CCC(=O)[C@@H]12. The Morgan fingerprint density at radius 1 is 1.16 bits per heavy atom. The number of ketones is 1. The van der Waals surface area contributed by atoms with E-state index in [1.807, 2.05) is 0 Å². The molecule has 2 aliphatic carbocycles. The minimum absolute atomic E-state index is 0.0646. The number of carbonyl (C=O) groups excluding carboxylic acids is 1. The highest BCUT2D eigenvalue weighted by molar-refractivity contribution is 7.92. The number of hydrogen-bond acceptors (Lipinski definition) is 3. The second-order valence-corrected chi connectivity index (χ2v) is 7.57. The molecule has 0 radical (unpaired) electrons. The second-order valence-electron chi connectivity index (χ2n) is 5.41. The summed E-state index contributed by atoms with van der Waals surface area (Å²) in [5.74, 6) is -0.116. The maximum atomic E-state index is 12.7. The summed E-state index contributed by atoms with van der Waals surface area (Å²) in [4.78, 5) is 12.2. The van der Waals surface area contributed by atoms with Gasteiger partial charge in [-0.2, -0.15) is 0 Å². The third-order valence-electron chi connectivity index (χ3n) is 4.35. The van der Waals surface area contributed by atoms with E-state index >= 15 is 0 Å². The van der Waals surface area contributed by atoms with E-state index in [4.69, 9.17) is 0 Å². The molecule has 0 amide bonds. The van der Waals surface area contributed by atoms with Crippen LogP contribution in [-0.4, -0.2) is 19.5 Å². The highest BCUT2D eigenvalue weighted by atomic mass is 32.2. The third kappa shape index (κ3) is 1.86. The van der Waals surface area contributed by atoms with Gasteiger partial charge >= 0.3 is 0 Å². The summed E-state index contributed by atoms with van der Waals surface area (Å²) < 4.78 is 25.4. The molecule has 3 atom stereocenters. The molecule has 0 saturated heterocycles. The Balaban J connectivity index is 2.00. The molecule has 2 saturated carbocycles. The molecule has 1 aromatic rings. The summed E-state index contributed by atoms with van der Waals surface area (Å²) in [6.45, 7) is 3.92. The standard InChI is InChI=1S/C15H16O3S/c1-10-9-14(12-7-8-13(16)15(10)12)19(17,18)11-5-3-2-4-6-11/h2-6,12,14-15H,1,7-9H2/t12-,14+,15+/m1/s1. The summed E-state index contributed by atoms with van der Waals surface area (Å²) in [5, 5.41) is -0.473. The average molecular weight is 276 g/mol. The zero-order valence-electron chi connectivity index (χ0n) is 10.6. The van der Waals surface area contributed by atoms with Gasteiger partial charge in [-0.25, -0.2) is 8.42 Å². The Kier molecular flexibility index (Phi) is 2.86. The molecule has 4 heteroatoms.